The number of hydrogen-bond acceptors (Lipinski definition) is 3. The molecule has 1 aliphatic heterocycles. The number of carbonyl (C=O) groups excluding carboxylic acids is 1. The lowest BCUT2D eigenvalue weighted by atomic mass is 10.0. The molecule has 3 N–H and O–H groups in total. The minimum Gasteiger partial charge on any atom is -0.465 e. The molecule has 0 aliphatic carbocycles. The molecule has 1 fully saturated rings. The van der Waals surface area contributed by atoms with Gasteiger partial charge in [0.05, 0.1) is 6.04 Å². The maximum Gasteiger partial charge on any atom is 0.405 e. The van der Waals surface area contributed by atoms with Crippen molar-refractivity contribution in [2.24, 2.45) is 0 Å². The van der Waals surface area contributed by atoms with E-state index in [0.29, 0.717) is 13.1 Å². The van der Waals surface area contributed by atoms with Crippen LogP contribution in [0.25, 0.3) is 0 Å². The van der Waals surface area contributed by atoms with E-state index in [2.05, 4.69) is 5.32 Å². The van der Waals surface area contributed by atoms with E-state index in [-0.39, 0.29) is 11.9 Å². The topological polar surface area (TPSA) is 89.9 Å². The number of carboxylic acid groups (broad SMARTS) is 1. The Kier molecular flexibility index (Phi) is 2.66. The first-order chi connectivity index (χ1) is 6.30. The van der Waals surface area contributed by atoms with E-state index >= 15 is 0 Å². The molecule has 0 atom stereocenters. The van der Waals surface area contributed by atoms with Crippen molar-refractivity contribution in [3.63, 3.8) is 0 Å². The number of likely N-dealkylation sites (tertiary alicyclic amines) is 1. The summed E-state index contributed by atoms with van der Waals surface area (Å²) in [4.78, 5) is 23.0. The summed E-state index contributed by atoms with van der Waals surface area (Å²) in [5, 5.41) is 20.0. The third-order valence-electron chi connectivity index (χ3n) is 2.02. The second kappa shape index (κ2) is 3.45. The number of rotatable bonds is 2. The van der Waals surface area contributed by atoms with Crippen LogP contribution in [0.1, 0.15) is 13.8 Å². The molecule has 0 radical (unpaired) electrons. The zero-order valence-corrected chi connectivity index (χ0v) is 8.15. The molecule has 80 valence electrons. The normalized spacial score (nSPS) is 17.5. The summed E-state index contributed by atoms with van der Waals surface area (Å²) >= 11 is 0. The van der Waals surface area contributed by atoms with Crippen LogP contribution in [0.5, 0.6) is 0 Å². The van der Waals surface area contributed by atoms with Crippen molar-refractivity contribution in [2.45, 2.75) is 25.5 Å². The summed E-state index contributed by atoms with van der Waals surface area (Å²) < 4.78 is 0. The van der Waals surface area contributed by atoms with Gasteiger partial charge in [0, 0.05) is 13.1 Å². The van der Waals surface area contributed by atoms with Gasteiger partial charge in [-0.25, -0.2) is 4.79 Å². The minimum absolute atomic E-state index is 0.209. The van der Waals surface area contributed by atoms with Crippen molar-refractivity contribution in [3.05, 3.63) is 0 Å². The number of carbonyl (C=O) groups is 2. The van der Waals surface area contributed by atoms with Gasteiger partial charge >= 0.3 is 6.09 Å². The van der Waals surface area contributed by atoms with E-state index in [1.165, 1.54) is 18.7 Å². The minimum atomic E-state index is -1.38. The van der Waals surface area contributed by atoms with Crippen LogP contribution in [0.15, 0.2) is 0 Å². The number of aliphatic hydroxyl groups is 1. The van der Waals surface area contributed by atoms with Crippen LogP contribution in [0.2, 0.25) is 0 Å². The number of hydrogen-bond donors (Lipinski definition) is 3. The molecule has 0 saturated carbocycles. The average molecular weight is 202 g/mol. The summed E-state index contributed by atoms with van der Waals surface area (Å²) in [5.41, 5.74) is -1.38. The predicted octanol–water partition coefficient (Wildman–Crippen LogP) is -0.764. The van der Waals surface area contributed by atoms with Crippen LogP contribution >= 0.6 is 0 Å². The zero-order valence-electron chi connectivity index (χ0n) is 8.15. The van der Waals surface area contributed by atoms with Gasteiger partial charge in [0.15, 0.2) is 0 Å². The van der Waals surface area contributed by atoms with Crippen molar-refractivity contribution in [1.82, 2.24) is 10.2 Å². The Morgan fingerprint density at radius 2 is 1.93 bits per heavy atom. The lowest BCUT2D eigenvalue weighted by molar-refractivity contribution is -0.152. The van der Waals surface area contributed by atoms with Crippen molar-refractivity contribution < 1.29 is 19.8 Å². The lowest BCUT2D eigenvalue weighted by Crippen LogP contribution is -2.64. The Balaban J connectivity index is 2.35. The monoisotopic (exact) mass is 202 g/mol. The Hall–Kier alpha value is -1.30. The van der Waals surface area contributed by atoms with E-state index in [1.807, 2.05) is 0 Å². The molecule has 1 rings (SSSR count). The Morgan fingerprint density at radius 1 is 1.43 bits per heavy atom. The van der Waals surface area contributed by atoms with E-state index in [1.54, 1.807) is 0 Å². The van der Waals surface area contributed by atoms with E-state index in [4.69, 9.17) is 5.11 Å². The second-order valence-corrected chi connectivity index (χ2v) is 3.92. The first kappa shape index (κ1) is 10.8. The summed E-state index contributed by atoms with van der Waals surface area (Å²) in [6, 6.07) is -0.209. The largest absolute Gasteiger partial charge is 0.465 e. The van der Waals surface area contributed by atoms with Crippen molar-refractivity contribution >= 4 is 12.0 Å². The van der Waals surface area contributed by atoms with E-state index < -0.39 is 11.7 Å². The molecule has 14 heavy (non-hydrogen) atoms. The van der Waals surface area contributed by atoms with Gasteiger partial charge in [0.25, 0.3) is 5.91 Å². The van der Waals surface area contributed by atoms with Gasteiger partial charge in [-0.15, -0.1) is 0 Å². The molecule has 0 bridgehead atoms. The second-order valence-electron chi connectivity index (χ2n) is 3.92. The summed E-state index contributed by atoms with van der Waals surface area (Å²) in [7, 11) is 0. The predicted molar refractivity (Wildman–Crippen MR) is 47.8 cm³/mol. The molecule has 1 heterocycles. The smallest absolute Gasteiger partial charge is 0.405 e. The first-order valence-corrected chi connectivity index (χ1v) is 4.32. The highest BCUT2D eigenvalue weighted by molar-refractivity contribution is 5.85. The van der Waals surface area contributed by atoms with Crippen molar-refractivity contribution in [3.8, 4) is 0 Å². The van der Waals surface area contributed by atoms with Crippen LogP contribution in [0.4, 0.5) is 4.79 Å². The van der Waals surface area contributed by atoms with E-state index in [0.717, 1.165) is 0 Å². The fraction of sp³-hybridized carbons (Fsp3) is 0.750. The maximum absolute atomic E-state index is 11.4. The average Bonchev–Trinajstić information content (AvgIpc) is 1.92. The molecule has 6 nitrogen and oxygen atoms in total. The molecule has 0 unspecified atom stereocenters. The standard InChI is InChI=1S/C8H14N2O4/c1-8(2,14)6(11)10-3-5(4-10)9-7(12)13/h5,9,14H,3-4H2,1-2H3,(H,12,13). The maximum atomic E-state index is 11.4. The highest BCUT2D eigenvalue weighted by Gasteiger charge is 2.37. The van der Waals surface area contributed by atoms with Crippen molar-refractivity contribution in [1.29, 1.82) is 0 Å². The van der Waals surface area contributed by atoms with Crippen molar-refractivity contribution in [2.75, 3.05) is 13.1 Å². The fourth-order valence-electron chi connectivity index (χ4n) is 1.30. The number of nitrogens with one attached hydrogen (secondary N) is 1. The van der Waals surface area contributed by atoms with Gasteiger partial charge < -0.3 is 20.4 Å². The number of nitrogens with zero attached hydrogens (tertiary/aromatic N) is 1. The van der Waals surface area contributed by atoms with Gasteiger partial charge in [-0.3, -0.25) is 4.79 Å². The Morgan fingerprint density at radius 3 is 2.29 bits per heavy atom. The zero-order chi connectivity index (χ0) is 10.9. The van der Waals surface area contributed by atoms with Crippen LogP contribution in [-0.2, 0) is 4.79 Å². The van der Waals surface area contributed by atoms with Crippen LogP contribution in [-0.4, -0.2) is 51.8 Å². The SMILES string of the molecule is CC(C)(O)C(=O)N1CC(NC(=O)O)C1. The molecular formula is C8H14N2O4. The Labute approximate surface area is 81.5 Å². The van der Waals surface area contributed by atoms with E-state index in [9.17, 15) is 14.7 Å². The van der Waals surface area contributed by atoms with Gasteiger partial charge in [0.2, 0.25) is 0 Å². The third kappa shape index (κ3) is 2.35. The molecule has 1 aliphatic rings. The molecule has 0 aromatic heterocycles. The molecule has 0 aromatic carbocycles. The summed E-state index contributed by atoms with van der Waals surface area (Å²) in [6.45, 7) is 3.48. The quantitative estimate of drug-likeness (QED) is 0.548. The third-order valence-corrected chi connectivity index (χ3v) is 2.02. The molecular weight excluding hydrogens is 188 g/mol. The molecule has 0 spiro atoms. The van der Waals surface area contributed by atoms with Gasteiger partial charge in [-0.1, -0.05) is 0 Å². The molecule has 2 amide bonds. The van der Waals surface area contributed by atoms with Crippen LogP contribution in [0, 0.1) is 0 Å². The molecule has 6 heteroatoms. The Bertz CT molecular complexity index is 253. The van der Waals surface area contributed by atoms with Gasteiger partial charge in [-0.05, 0) is 13.8 Å². The molecule has 0 aromatic rings. The fourth-order valence-corrected chi connectivity index (χ4v) is 1.30. The highest BCUT2D eigenvalue weighted by atomic mass is 16.4. The highest BCUT2D eigenvalue weighted by Crippen LogP contribution is 2.14. The lowest BCUT2D eigenvalue weighted by Gasteiger charge is -2.41. The van der Waals surface area contributed by atoms with Gasteiger partial charge in [-0.2, -0.15) is 0 Å². The summed E-state index contributed by atoms with van der Waals surface area (Å²) in [6.07, 6.45) is -1.09. The first-order valence-electron chi connectivity index (χ1n) is 4.32. The van der Waals surface area contributed by atoms with Gasteiger partial charge in [0.1, 0.15) is 5.60 Å². The molecule has 1 saturated heterocycles. The summed E-state index contributed by atoms with van der Waals surface area (Å²) in [5.74, 6) is -0.374. The van der Waals surface area contributed by atoms with Crippen LogP contribution in [0.3, 0.4) is 0 Å². The van der Waals surface area contributed by atoms with Crippen LogP contribution < -0.4 is 5.32 Å². The number of amides is 2.